The number of amides is 1. The average molecular weight is 247 g/mol. The summed E-state index contributed by atoms with van der Waals surface area (Å²) in [6.07, 6.45) is 3.44. The maximum Gasteiger partial charge on any atom is 0.246 e. The summed E-state index contributed by atoms with van der Waals surface area (Å²) in [5.41, 5.74) is 0.999. The highest BCUT2D eigenvalue weighted by atomic mass is 16.5. The SMILES string of the molecule is CCOc1ccc(/C=C/C(=O)N(CC)CC)cc1. The summed E-state index contributed by atoms with van der Waals surface area (Å²) in [4.78, 5) is 13.5. The molecule has 0 unspecified atom stereocenters. The van der Waals surface area contributed by atoms with Gasteiger partial charge in [0.25, 0.3) is 0 Å². The molecule has 98 valence electrons. The lowest BCUT2D eigenvalue weighted by atomic mass is 10.2. The molecule has 0 fully saturated rings. The number of hydrogen-bond acceptors (Lipinski definition) is 2. The Morgan fingerprint density at radius 2 is 1.78 bits per heavy atom. The van der Waals surface area contributed by atoms with Gasteiger partial charge in [0.05, 0.1) is 6.61 Å². The van der Waals surface area contributed by atoms with Crippen molar-refractivity contribution in [3.8, 4) is 5.75 Å². The fourth-order valence-electron chi connectivity index (χ4n) is 1.65. The Kier molecular flexibility index (Phi) is 5.98. The molecule has 1 amide bonds. The first-order chi connectivity index (χ1) is 8.71. The minimum absolute atomic E-state index is 0.0499. The van der Waals surface area contributed by atoms with Crippen LogP contribution in [0.25, 0.3) is 6.08 Å². The smallest absolute Gasteiger partial charge is 0.246 e. The van der Waals surface area contributed by atoms with Crippen molar-refractivity contribution in [2.24, 2.45) is 0 Å². The molecule has 1 aromatic rings. The number of benzene rings is 1. The van der Waals surface area contributed by atoms with Crippen molar-refractivity contribution in [3.05, 3.63) is 35.9 Å². The molecule has 0 spiro atoms. The van der Waals surface area contributed by atoms with Gasteiger partial charge in [0.15, 0.2) is 0 Å². The lowest BCUT2D eigenvalue weighted by molar-refractivity contribution is -0.125. The van der Waals surface area contributed by atoms with E-state index in [-0.39, 0.29) is 5.91 Å². The van der Waals surface area contributed by atoms with E-state index in [9.17, 15) is 4.79 Å². The van der Waals surface area contributed by atoms with Crippen LogP contribution in [0, 0.1) is 0 Å². The van der Waals surface area contributed by atoms with Gasteiger partial charge in [0.2, 0.25) is 5.91 Å². The van der Waals surface area contributed by atoms with E-state index in [0.29, 0.717) is 6.61 Å². The van der Waals surface area contributed by atoms with Gasteiger partial charge in [-0.1, -0.05) is 12.1 Å². The molecular weight excluding hydrogens is 226 g/mol. The van der Waals surface area contributed by atoms with E-state index >= 15 is 0 Å². The van der Waals surface area contributed by atoms with Crippen molar-refractivity contribution in [1.29, 1.82) is 0 Å². The van der Waals surface area contributed by atoms with Crippen LogP contribution < -0.4 is 4.74 Å². The minimum atomic E-state index is 0.0499. The lowest BCUT2D eigenvalue weighted by Crippen LogP contribution is -2.28. The van der Waals surface area contributed by atoms with Crippen LogP contribution in [0.2, 0.25) is 0 Å². The van der Waals surface area contributed by atoms with E-state index in [1.165, 1.54) is 0 Å². The molecule has 0 saturated heterocycles. The quantitative estimate of drug-likeness (QED) is 0.723. The largest absolute Gasteiger partial charge is 0.494 e. The van der Waals surface area contributed by atoms with Gasteiger partial charge in [-0.2, -0.15) is 0 Å². The highest BCUT2D eigenvalue weighted by molar-refractivity contribution is 5.91. The molecule has 0 aromatic heterocycles. The summed E-state index contributed by atoms with van der Waals surface area (Å²) in [6, 6.07) is 7.70. The number of likely N-dealkylation sites (N-methyl/N-ethyl adjacent to an activating group) is 1. The topological polar surface area (TPSA) is 29.5 Å². The Morgan fingerprint density at radius 3 is 2.28 bits per heavy atom. The molecule has 0 radical (unpaired) electrons. The molecule has 0 aliphatic carbocycles. The van der Waals surface area contributed by atoms with Crippen molar-refractivity contribution >= 4 is 12.0 Å². The summed E-state index contributed by atoms with van der Waals surface area (Å²) in [5.74, 6) is 0.901. The molecule has 0 saturated carbocycles. The van der Waals surface area contributed by atoms with Crippen LogP contribution in [0.1, 0.15) is 26.3 Å². The van der Waals surface area contributed by atoms with Gasteiger partial charge in [-0.05, 0) is 44.5 Å². The second kappa shape index (κ2) is 7.54. The molecule has 1 rings (SSSR count). The molecule has 0 bridgehead atoms. The van der Waals surface area contributed by atoms with Crippen LogP contribution in [0.15, 0.2) is 30.3 Å². The zero-order valence-corrected chi connectivity index (χ0v) is 11.3. The van der Waals surface area contributed by atoms with Crippen molar-refractivity contribution < 1.29 is 9.53 Å². The maximum atomic E-state index is 11.8. The normalized spacial score (nSPS) is 10.6. The van der Waals surface area contributed by atoms with Crippen LogP contribution in [0.3, 0.4) is 0 Å². The van der Waals surface area contributed by atoms with Crippen LogP contribution in [-0.4, -0.2) is 30.5 Å². The van der Waals surface area contributed by atoms with E-state index in [1.54, 1.807) is 11.0 Å². The Hall–Kier alpha value is -1.77. The zero-order valence-electron chi connectivity index (χ0n) is 11.3. The third-order valence-electron chi connectivity index (χ3n) is 2.68. The fourth-order valence-corrected chi connectivity index (χ4v) is 1.65. The Balaban J connectivity index is 2.63. The lowest BCUT2D eigenvalue weighted by Gasteiger charge is -2.15. The molecule has 0 atom stereocenters. The van der Waals surface area contributed by atoms with Gasteiger partial charge in [-0.15, -0.1) is 0 Å². The van der Waals surface area contributed by atoms with Gasteiger partial charge in [0, 0.05) is 19.2 Å². The van der Waals surface area contributed by atoms with Crippen molar-refractivity contribution in [2.75, 3.05) is 19.7 Å². The molecule has 18 heavy (non-hydrogen) atoms. The number of carbonyl (C=O) groups is 1. The molecule has 1 aromatic carbocycles. The van der Waals surface area contributed by atoms with Crippen molar-refractivity contribution in [3.63, 3.8) is 0 Å². The Labute approximate surface area is 109 Å². The standard InChI is InChI=1S/C15H21NO2/c1-4-16(5-2)15(17)12-9-13-7-10-14(11-8-13)18-6-3/h7-12H,4-6H2,1-3H3/b12-9+. The minimum Gasteiger partial charge on any atom is -0.494 e. The van der Waals surface area contributed by atoms with Gasteiger partial charge in [-0.3, -0.25) is 4.79 Å². The molecule has 3 heteroatoms. The van der Waals surface area contributed by atoms with Gasteiger partial charge >= 0.3 is 0 Å². The molecular formula is C15H21NO2. The Morgan fingerprint density at radius 1 is 1.17 bits per heavy atom. The number of hydrogen-bond donors (Lipinski definition) is 0. The van der Waals surface area contributed by atoms with E-state index in [1.807, 2.05) is 51.1 Å². The fraction of sp³-hybridized carbons (Fsp3) is 0.400. The summed E-state index contributed by atoms with van der Waals surface area (Å²) in [7, 11) is 0. The van der Waals surface area contributed by atoms with Gasteiger partial charge < -0.3 is 9.64 Å². The summed E-state index contributed by atoms with van der Waals surface area (Å²) in [5, 5.41) is 0. The van der Waals surface area contributed by atoms with Crippen molar-refractivity contribution in [1.82, 2.24) is 4.90 Å². The van der Waals surface area contributed by atoms with Gasteiger partial charge in [-0.25, -0.2) is 0 Å². The van der Waals surface area contributed by atoms with Crippen LogP contribution in [-0.2, 0) is 4.79 Å². The van der Waals surface area contributed by atoms with E-state index in [2.05, 4.69) is 0 Å². The highest BCUT2D eigenvalue weighted by Gasteiger charge is 2.04. The second-order valence-corrected chi connectivity index (χ2v) is 3.85. The summed E-state index contributed by atoms with van der Waals surface area (Å²) < 4.78 is 5.36. The van der Waals surface area contributed by atoms with Crippen molar-refractivity contribution in [2.45, 2.75) is 20.8 Å². The van der Waals surface area contributed by atoms with E-state index < -0.39 is 0 Å². The predicted molar refractivity (Wildman–Crippen MR) is 74.6 cm³/mol. The third kappa shape index (κ3) is 4.24. The van der Waals surface area contributed by atoms with Crippen LogP contribution in [0.4, 0.5) is 0 Å². The summed E-state index contributed by atoms with van der Waals surface area (Å²) in [6.45, 7) is 8.05. The first kappa shape index (κ1) is 14.3. The van der Waals surface area contributed by atoms with E-state index in [0.717, 1.165) is 24.4 Å². The number of carbonyl (C=O) groups excluding carboxylic acids is 1. The predicted octanol–water partition coefficient (Wildman–Crippen LogP) is 2.97. The summed E-state index contributed by atoms with van der Waals surface area (Å²) >= 11 is 0. The first-order valence-electron chi connectivity index (χ1n) is 6.41. The van der Waals surface area contributed by atoms with Gasteiger partial charge in [0.1, 0.15) is 5.75 Å². The average Bonchev–Trinajstić information content (AvgIpc) is 2.40. The third-order valence-corrected chi connectivity index (χ3v) is 2.68. The van der Waals surface area contributed by atoms with Crippen LogP contribution in [0.5, 0.6) is 5.75 Å². The second-order valence-electron chi connectivity index (χ2n) is 3.85. The monoisotopic (exact) mass is 247 g/mol. The molecule has 0 aliphatic heterocycles. The number of ether oxygens (including phenoxy) is 1. The highest BCUT2D eigenvalue weighted by Crippen LogP contribution is 2.13. The molecule has 0 N–H and O–H groups in total. The maximum absolute atomic E-state index is 11.8. The zero-order chi connectivity index (χ0) is 13.4. The van der Waals surface area contributed by atoms with E-state index in [4.69, 9.17) is 4.74 Å². The molecule has 0 heterocycles. The first-order valence-corrected chi connectivity index (χ1v) is 6.41. The van der Waals surface area contributed by atoms with Crippen LogP contribution >= 0.6 is 0 Å². The molecule has 3 nitrogen and oxygen atoms in total. The number of rotatable bonds is 6. The molecule has 0 aliphatic rings. The number of nitrogens with zero attached hydrogens (tertiary/aromatic N) is 1. The Bertz CT molecular complexity index is 391.